The number of nitrogens with zero attached hydrogens (tertiary/aromatic N) is 2. The first-order chi connectivity index (χ1) is 12.5. The van der Waals surface area contributed by atoms with Crippen molar-refractivity contribution in [3.05, 3.63) is 60.4 Å². The lowest BCUT2D eigenvalue weighted by Gasteiger charge is -2.18. The monoisotopic (exact) mass is 351 g/mol. The molecule has 1 unspecified atom stereocenters. The van der Waals surface area contributed by atoms with Crippen LogP contribution in [-0.2, 0) is 17.9 Å². The second-order valence-electron chi connectivity index (χ2n) is 6.80. The molecule has 26 heavy (non-hydrogen) atoms. The summed E-state index contributed by atoms with van der Waals surface area (Å²) in [6.45, 7) is 6.75. The number of nitrogens with one attached hydrogen (secondary N) is 1. The van der Waals surface area contributed by atoms with Crippen molar-refractivity contribution in [3.8, 4) is 5.75 Å². The van der Waals surface area contributed by atoms with Crippen LogP contribution < -0.4 is 10.1 Å². The van der Waals surface area contributed by atoms with Gasteiger partial charge in [-0.2, -0.15) is 0 Å². The Morgan fingerprint density at radius 3 is 2.50 bits per heavy atom. The number of hydrogen-bond acceptors (Lipinski definition) is 3. The summed E-state index contributed by atoms with van der Waals surface area (Å²) in [5.74, 6) is 1.89. The summed E-state index contributed by atoms with van der Waals surface area (Å²) in [5, 5.41) is 3.05. The molecule has 0 bridgehead atoms. The molecule has 5 heteroatoms. The zero-order valence-corrected chi connectivity index (χ0v) is 15.5. The van der Waals surface area contributed by atoms with Gasteiger partial charge in [0, 0.05) is 6.04 Å². The molecule has 1 N–H and O–H groups in total. The Bertz CT molecular complexity index is 871. The van der Waals surface area contributed by atoms with Crippen molar-refractivity contribution < 1.29 is 9.53 Å². The van der Waals surface area contributed by atoms with Gasteiger partial charge in [-0.1, -0.05) is 44.2 Å². The molecule has 0 saturated heterocycles. The van der Waals surface area contributed by atoms with E-state index in [-0.39, 0.29) is 18.5 Å². The molecule has 0 fully saturated rings. The van der Waals surface area contributed by atoms with Crippen LogP contribution in [0.2, 0.25) is 0 Å². The normalized spacial score (nSPS) is 12.3. The van der Waals surface area contributed by atoms with Gasteiger partial charge in [0.1, 0.15) is 24.7 Å². The van der Waals surface area contributed by atoms with Gasteiger partial charge in [0.25, 0.3) is 0 Å². The van der Waals surface area contributed by atoms with Gasteiger partial charge in [0.2, 0.25) is 5.91 Å². The average Bonchev–Trinajstić information content (AvgIpc) is 2.98. The van der Waals surface area contributed by atoms with E-state index in [1.807, 2.05) is 66.1 Å². The molecule has 136 valence electrons. The van der Waals surface area contributed by atoms with Gasteiger partial charge in [-0.3, -0.25) is 4.79 Å². The Kier molecular flexibility index (Phi) is 5.56. The molecule has 3 aromatic rings. The van der Waals surface area contributed by atoms with Crippen molar-refractivity contribution in [2.24, 2.45) is 5.92 Å². The highest BCUT2D eigenvalue weighted by atomic mass is 16.5. The van der Waals surface area contributed by atoms with Crippen LogP contribution in [0.5, 0.6) is 5.75 Å². The molecule has 0 aliphatic carbocycles. The van der Waals surface area contributed by atoms with Gasteiger partial charge in [-0.25, -0.2) is 4.98 Å². The smallest absolute Gasteiger partial charge is 0.240 e. The molecule has 0 radical (unpaired) electrons. The van der Waals surface area contributed by atoms with Crippen molar-refractivity contribution in [2.75, 3.05) is 0 Å². The molecule has 1 amide bonds. The Morgan fingerprint density at radius 1 is 1.08 bits per heavy atom. The lowest BCUT2D eigenvalue weighted by atomic mass is 10.1. The maximum absolute atomic E-state index is 12.5. The van der Waals surface area contributed by atoms with Crippen molar-refractivity contribution in [3.63, 3.8) is 0 Å². The quantitative estimate of drug-likeness (QED) is 0.705. The summed E-state index contributed by atoms with van der Waals surface area (Å²) >= 11 is 0. The van der Waals surface area contributed by atoms with E-state index in [9.17, 15) is 4.79 Å². The van der Waals surface area contributed by atoms with Gasteiger partial charge in [-0.05, 0) is 37.1 Å². The number of carbonyl (C=O) groups is 1. The number of imidazole rings is 1. The third-order valence-electron chi connectivity index (χ3n) is 4.54. The lowest BCUT2D eigenvalue weighted by Crippen LogP contribution is -2.38. The highest BCUT2D eigenvalue weighted by molar-refractivity contribution is 5.81. The molecular formula is C21H25N3O2. The average molecular weight is 351 g/mol. The first-order valence-corrected chi connectivity index (χ1v) is 8.96. The number of aromatic nitrogens is 2. The summed E-state index contributed by atoms with van der Waals surface area (Å²) in [6, 6.07) is 17.6. The van der Waals surface area contributed by atoms with Crippen molar-refractivity contribution in [1.82, 2.24) is 14.9 Å². The molecule has 0 aliphatic heterocycles. The number of ether oxygens (including phenoxy) is 1. The third kappa shape index (κ3) is 4.23. The minimum absolute atomic E-state index is 0.0182. The van der Waals surface area contributed by atoms with Gasteiger partial charge >= 0.3 is 0 Å². The summed E-state index contributed by atoms with van der Waals surface area (Å²) in [4.78, 5) is 17.1. The minimum Gasteiger partial charge on any atom is -0.486 e. The molecule has 1 atom stereocenters. The molecule has 0 aliphatic rings. The molecule has 1 aromatic heterocycles. The van der Waals surface area contributed by atoms with E-state index < -0.39 is 0 Å². The van der Waals surface area contributed by atoms with Crippen molar-refractivity contribution in [1.29, 1.82) is 0 Å². The van der Waals surface area contributed by atoms with Crippen LogP contribution >= 0.6 is 0 Å². The molecule has 0 spiro atoms. The van der Waals surface area contributed by atoms with Gasteiger partial charge in [0.15, 0.2) is 0 Å². The van der Waals surface area contributed by atoms with Crippen LogP contribution in [0.3, 0.4) is 0 Å². The predicted octanol–water partition coefficient (Wildman–Crippen LogP) is 3.78. The Hall–Kier alpha value is -2.82. The fourth-order valence-corrected chi connectivity index (χ4v) is 2.69. The fraction of sp³-hybridized carbons (Fsp3) is 0.333. The van der Waals surface area contributed by atoms with E-state index >= 15 is 0 Å². The second-order valence-corrected chi connectivity index (χ2v) is 6.80. The number of carbonyl (C=O) groups excluding carboxylic acids is 1. The highest BCUT2D eigenvalue weighted by Gasteiger charge is 2.16. The third-order valence-corrected chi connectivity index (χ3v) is 4.54. The van der Waals surface area contributed by atoms with Gasteiger partial charge in [-0.15, -0.1) is 0 Å². The van der Waals surface area contributed by atoms with E-state index in [0.717, 1.165) is 22.6 Å². The molecule has 3 rings (SSSR count). The number of hydrogen-bond donors (Lipinski definition) is 1. The van der Waals surface area contributed by atoms with E-state index in [1.54, 1.807) is 0 Å². The predicted molar refractivity (Wildman–Crippen MR) is 103 cm³/mol. The maximum atomic E-state index is 12.5. The van der Waals surface area contributed by atoms with Gasteiger partial charge < -0.3 is 14.6 Å². The van der Waals surface area contributed by atoms with E-state index in [2.05, 4.69) is 24.1 Å². The molecule has 2 aromatic carbocycles. The maximum Gasteiger partial charge on any atom is 0.240 e. The Balaban J connectivity index is 1.81. The molecule has 1 heterocycles. The number of amides is 1. The van der Waals surface area contributed by atoms with Crippen LogP contribution in [0.4, 0.5) is 0 Å². The van der Waals surface area contributed by atoms with E-state index in [1.165, 1.54) is 0 Å². The summed E-state index contributed by atoms with van der Waals surface area (Å²) < 4.78 is 7.78. The number of para-hydroxylation sites is 3. The largest absolute Gasteiger partial charge is 0.486 e. The molecule has 5 nitrogen and oxygen atoms in total. The zero-order valence-electron chi connectivity index (χ0n) is 15.5. The van der Waals surface area contributed by atoms with Gasteiger partial charge in [0.05, 0.1) is 11.0 Å². The number of rotatable bonds is 7. The zero-order chi connectivity index (χ0) is 18.5. The highest BCUT2D eigenvalue weighted by Crippen LogP contribution is 2.18. The fourth-order valence-electron chi connectivity index (χ4n) is 2.69. The van der Waals surface area contributed by atoms with Crippen LogP contribution in [0.15, 0.2) is 54.6 Å². The van der Waals surface area contributed by atoms with Crippen LogP contribution in [0, 0.1) is 5.92 Å². The molecule has 0 saturated carbocycles. The standard InChI is InChI=1S/C21H25N3O2/c1-15(2)16(3)22-21(25)13-24-19-12-8-7-11-18(19)23-20(24)14-26-17-9-5-4-6-10-17/h4-12,15-16H,13-14H2,1-3H3,(H,22,25). The first-order valence-electron chi connectivity index (χ1n) is 8.96. The topological polar surface area (TPSA) is 56.2 Å². The number of fused-ring (bicyclic) bond motifs is 1. The van der Waals surface area contributed by atoms with Crippen LogP contribution in [0.1, 0.15) is 26.6 Å². The van der Waals surface area contributed by atoms with E-state index in [4.69, 9.17) is 4.74 Å². The molecular weight excluding hydrogens is 326 g/mol. The van der Waals surface area contributed by atoms with Crippen LogP contribution in [-0.4, -0.2) is 21.5 Å². The summed E-state index contributed by atoms with van der Waals surface area (Å²) in [5.41, 5.74) is 1.80. The minimum atomic E-state index is -0.0182. The Morgan fingerprint density at radius 2 is 1.77 bits per heavy atom. The Labute approximate surface area is 154 Å². The summed E-state index contributed by atoms with van der Waals surface area (Å²) in [6.07, 6.45) is 0. The number of benzene rings is 2. The SMILES string of the molecule is CC(C)C(C)NC(=O)Cn1c(COc2ccccc2)nc2ccccc21. The first kappa shape index (κ1) is 18.0. The van der Waals surface area contributed by atoms with E-state index in [0.29, 0.717) is 12.5 Å². The second kappa shape index (κ2) is 8.04. The summed E-state index contributed by atoms with van der Waals surface area (Å²) in [7, 11) is 0. The lowest BCUT2D eigenvalue weighted by molar-refractivity contribution is -0.122. The van der Waals surface area contributed by atoms with Crippen LogP contribution in [0.25, 0.3) is 11.0 Å². The van der Waals surface area contributed by atoms with Crippen molar-refractivity contribution in [2.45, 2.75) is 40.0 Å². The van der Waals surface area contributed by atoms with Crippen molar-refractivity contribution >= 4 is 16.9 Å².